The van der Waals surface area contributed by atoms with Gasteiger partial charge in [0.25, 0.3) is 0 Å². The standard InChI is InChI=1S/C55H41N5S.C30H18N2S.C25H24BrN3/c1-3-13-36(14-4-1)52-56-53(58-54(57-52)55-30-33-27-34(31-55)29-35(28-33)32-55)37-23-25-39(26-24-37)60-44-21-11-8-18-41(44)47-49(60)46-40-17-7-10-20-43(40)59(38-15-5-2-6-16-38)50(46)48-42-19-9-12-22-45(42)61-51(47)48;1-2-10-18(11-3-1)32-23-16-8-5-13-20(23)25-28-26(19-12-4-7-15-22(19)31-28)30-27(29(25)32)21-14-6-9-17-24(21)33-30;26-21-8-6-20(7-9-21)23-27-22(19-4-2-1-3-5-19)28-24(29-23)25-13-16-10-17(14-25)12-18(11-16)15-25/h1-26,33-35H,27-32H2;1-17,31H;1-9,16-18H,10-15H2. The van der Waals surface area contributed by atoms with Crippen LogP contribution in [-0.2, 0) is 10.8 Å². The molecule has 0 amide bonds. The average molecular weight is 1690 g/mol. The molecule has 0 atom stereocenters. The van der Waals surface area contributed by atoms with Crippen LogP contribution in [0, 0.1) is 35.5 Å². The number of nitrogens with zero attached hydrogens (tertiary/aromatic N) is 9. The number of benzene rings is 14. The smallest absolute Gasteiger partial charge is 0.163 e. The average Bonchev–Trinajstić information content (AvgIpc) is 1.53. The molecule has 8 saturated carbocycles. The van der Waals surface area contributed by atoms with Crippen molar-refractivity contribution in [3.63, 3.8) is 0 Å². The lowest BCUT2D eigenvalue weighted by Crippen LogP contribution is -2.49. The van der Waals surface area contributed by atoms with Crippen LogP contribution in [0.25, 0.3) is 190 Å². The van der Waals surface area contributed by atoms with Crippen molar-refractivity contribution in [2.75, 3.05) is 0 Å². The van der Waals surface area contributed by atoms with Crippen LogP contribution in [0.5, 0.6) is 0 Å². The van der Waals surface area contributed by atoms with E-state index < -0.39 is 0 Å². The van der Waals surface area contributed by atoms with Crippen molar-refractivity contribution in [1.82, 2.24) is 48.6 Å². The van der Waals surface area contributed by atoms with Gasteiger partial charge in [-0.15, -0.1) is 22.7 Å². The predicted molar refractivity (Wildman–Crippen MR) is 513 cm³/mol. The van der Waals surface area contributed by atoms with Gasteiger partial charge in [0.15, 0.2) is 23.3 Å². The Morgan fingerprint density at radius 2 is 0.585 bits per heavy atom. The molecule has 30 rings (SSSR count). The topological polar surface area (TPSA) is 108 Å². The lowest BCUT2D eigenvalue weighted by atomic mass is 9.49. The molecule has 13 heteroatoms. The quantitative estimate of drug-likeness (QED) is 0.154. The summed E-state index contributed by atoms with van der Waals surface area (Å²) < 4.78 is 13.9. The molecule has 8 aliphatic rings. The molecule has 0 unspecified atom stereocenters. The molecule has 10 nitrogen and oxygen atoms in total. The van der Waals surface area contributed by atoms with E-state index >= 15 is 0 Å². The lowest BCUT2D eigenvalue weighted by molar-refractivity contribution is -0.00948. The Hall–Kier alpha value is -12.8. The second kappa shape index (κ2) is 28.1. The summed E-state index contributed by atoms with van der Waals surface area (Å²) in [5, 5.41) is 15.6. The molecule has 22 aromatic rings. The predicted octanol–water partition coefficient (Wildman–Crippen LogP) is 29.5. The van der Waals surface area contributed by atoms with E-state index in [0.717, 1.165) is 109 Å². The van der Waals surface area contributed by atoms with E-state index in [1.807, 2.05) is 28.7 Å². The van der Waals surface area contributed by atoms with Crippen molar-refractivity contribution in [2.24, 2.45) is 35.5 Å². The largest absolute Gasteiger partial charge is 0.354 e. The highest BCUT2D eigenvalue weighted by molar-refractivity contribution is 9.10. The molecule has 0 spiro atoms. The van der Waals surface area contributed by atoms with Gasteiger partial charge in [0.2, 0.25) is 0 Å². The zero-order chi connectivity index (χ0) is 80.8. The van der Waals surface area contributed by atoms with Crippen LogP contribution < -0.4 is 0 Å². The van der Waals surface area contributed by atoms with Crippen molar-refractivity contribution >= 4 is 166 Å². The number of para-hydroxylation sites is 6. The third-order valence-corrected chi connectivity index (χ3v) is 31.7. The van der Waals surface area contributed by atoms with Gasteiger partial charge in [-0.25, -0.2) is 29.9 Å². The van der Waals surface area contributed by atoms with Gasteiger partial charge in [-0.2, -0.15) is 0 Å². The van der Waals surface area contributed by atoms with Crippen LogP contribution in [0.15, 0.2) is 320 Å². The Morgan fingerprint density at radius 3 is 1.02 bits per heavy atom. The van der Waals surface area contributed by atoms with E-state index in [4.69, 9.17) is 29.9 Å². The molecule has 0 saturated heterocycles. The maximum absolute atomic E-state index is 5.44. The molecule has 8 bridgehead atoms. The first-order chi connectivity index (χ1) is 60.7. The fourth-order valence-corrected chi connectivity index (χ4v) is 27.4. The van der Waals surface area contributed by atoms with Crippen LogP contribution in [0.2, 0.25) is 0 Å². The minimum Gasteiger partial charge on any atom is -0.354 e. The Kier molecular flexibility index (Phi) is 16.4. The van der Waals surface area contributed by atoms with Gasteiger partial charge >= 0.3 is 0 Å². The van der Waals surface area contributed by atoms with E-state index in [-0.39, 0.29) is 10.8 Å². The Balaban J connectivity index is 0.000000110. The minimum absolute atomic E-state index is 0.0567. The molecule has 8 fully saturated rings. The molecular weight excluding hydrogens is 1610 g/mol. The zero-order valence-electron chi connectivity index (χ0n) is 67.7. The van der Waals surface area contributed by atoms with E-state index in [1.165, 1.54) is 210 Å². The maximum atomic E-state index is 5.44. The molecule has 0 radical (unpaired) electrons. The second-order valence-corrected chi connectivity index (χ2v) is 39.2. The van der Waals surface area contributed by atoms with Gasteiger partial charge in [0.1, 0.15) is 11.6 Å². The van der Waals surface area contributed by atoms with E-state index in [9.17, 15) is 0 Å². The van der Waals surface area contributed by atoms with Crippen LogP contribution in [0.3, 0.4) is 0 Å². The first kappa shape index (κ1) is 71.9. The maximum Gasteiger partial charge on any atom is 0.163 e. The van der Waals surface area contributed by atoms with Crippen molar-refractivity contribution in [3.8, 4) is 62.6 Å². The Morgan fingerprint density at radius 1 is 0.276 bits per heavy atom. The minimum atomic E-state index is 0.0567. The fraction of sp³-hybridized carbons (Fsp3) is 0.182. The number of thiophene rings is 2. The van der Waals surface area contributed by atoms with E-state index in [2.05, 4.69) is 344 Å². The number of hydrogen-bond donors (Lipinski definition) is 1. The molecule has 1 N–H and O–H groups in total. The van der Waals surface area contributed by atoms with Gasteiger partial charge in [-0.05, 0) is 210 Å². The summed E-state index contributed by atoms with van der Waals surface area (Å²) in [6.07, 6.45) is 15.9. The molecule has 8 aromatic heterocycles. The zero-order valence-corrected chi connectivity index (χ0v) is 70.9. The van der Waals surface area contributed by atoms with Crippen LogP contribution in [0.1, 0.15) is 88.7 Å². The van der Waals surface area contributed by atoms with Crippen molar-refractivity contribution in [3.05, 3.63) is 332 Å². The summed E-state index contributed by atoms with van der Waals surface area (Å²) in [7, 11) is 0. The summed E-state index contributed by atoms with van der Waals surface area (Å²) in [6.45, 7) is 0. The van der Waals surface area contributed by atoms with Crippen LogP contribution in [0.4, 0.5) is 0 Å². The number of nitrogens with one attached hydrogen (secondary N) is 1. The van der Waals surface area contributed by atoms with E-state index in [0.29, 0.717) is 0 Å². The van der Waals surface area contributed by atoms with E-state index in [1.54, 1.807) is 0 Å². The Bertz CT molecular complexity index is 7920. The normalized spacial score (nSPS) is 20.7. The van der Waals surface area contributed by atoms with Crippen LogP contribution >= 0.6 is 38.6 Å². The lowest BCUT2D eigenvalue weighted by Gasteiger charge is -2.56. The summed E-state index contributed by atoms with van der Waals surface area (Å²) in [5.74, 6) is 10.3. The van der Waals surface area contributed by atoms with Crippen molar-refractivity contribution < 1.29 is 0 Å². The highest BCUT2D eigenvalue weighted by Crippen LogP contribution is 2.63. The molecule has 8 heterocycles. The summed E-state index contributed by atoms with van der Waals surface area (Å²) in [5.41, 5.74) is 17.7. The van der Waals surface area contributed by atoms with Gasteiger partial charge in [0.05, 0.1) is 38.6 Å². The summed E-state index contributed by atoms with van der Waals surface area (Å²) in [4.78, 5) is 34.9. The molecular formula is C110H83BrN10S2. The molecule has 0 aliphatic heterocycles. The number of hydrogen-bond acceptors (Lipinski definition) is 8. The molecule has 123 heavy (non-hydrogen) atoms. The van der Waals surface area contributed by atoms with Gasteiger partial charge < -0.3 is 18.7 Å². The van der Waals surface area contributed by atoms with Crippen molar-refractivity contribution in [1.29, 1.82) is 0 Å². The number of H-pyrrole nitrogens is 1. The van der Waals surface area contributed by atoms with Crippen LogP contribution in [-0.4, -0.2) is 48.6 Å². The number of aromatic nitrogens is 10. The first-order valence-corrected chi connectivity index (χ1v) is 46.3. The monoisotopic (exact) mass is 1690 g/mol. The van der Waals surface area contributed by atoms with Gasteiger partial charge in [-0.1, -0.05) is 234 Å². The van der Waals surface area contributed by atoms with Gasteiger partial charge in [0, 0.05) is 144 Å². The van der Waals surface area contributed by atoms with Gasteiger partial charge in [-0.3, -0.25) is 0 Å². The number of aromatic amines is 1. The first-order valence-electron chi connectivity index (χ1n) is 43.9. The SMILES string of the molecule is Brc1ccc(-c2nc(-c3ccccc3)nc(C34CC5CC(CC(C5)C3)C4)n2)cc1.c1ccc(-c2nc(-c3ccc(-n4c5ccccc5c5c6sc7ccccc7c6c6c(c7ccccc7n6-c6ccccc6)c54)cc3)nc(C34CC5CC(CC(C5)C3)C4)n2)cc1.c1ccc(-n2c3ccccc3c3c4[nH]c5ccccc5c4c4sc5ccccc5c4c32)cc1. The Labute approximate surface area is 726 Å². The van der Waals surface area contributed by atoms with Crippen molar-refractivity contribution in [2.45, 2.75) is 87.9 Å². The highest BCUT2D eigenvalue weighted by Gasteiger charge is 2.55. The number of fused-ring (bicyclic) bond motifs is 24. The summed E-state index contributed by atoms with van der Waals surface area (Å²) >= 11 is 7.36. The molecule has 8 aliphatic carbocycles. The molecule has 14 aromatic carbocycles. The fourth-order valence-electron chi connectivity index (χ4n) is 24.6. The third-order valence-electron chi connectivity index (χ3n) is 28.8. The number of halogens is 1. The second-order valence-electron chi connectivity index (χ2n) is 36.2. The molecule has 592 valence electrons. The highest BCUT2D eigenvalue weighted by atomic mass is 79.9. The third kappa shape index (κ3) is 11.4. The number of rotatable bonds is 9. The summed E-state index contributed by atoms with van der Waals surface area (Å²) in [6, 6.07) is 113.